The van der Waals surface area contributed by atoms with Crippen molar-refractivity contribution in [2.45, 2.75) is 0 Å². The number of nitrogens with zero attached hydrogens (tertiary/aromatic N) is 2. The van der Waals surface area contributed by atoms with Crippen LogP contribution in [0.1, 0.15) is 0 Å². The zero-order chi connectivity index (χ0) is 41.7. The molecule has 2 aromatic heterocycles. The maximum absolute atomic E-state index is 2.84. The van der Waals surface area contributed by atoms with Crippen LogP contribution in [0.15, 0.2) is 255 Å². The van der Waals surface area contributed by atoms with E-state index >= 15 is 0 Å². The lowest BCUT2D eigenvalue weighted by molar-refractivity contribution is 1.16. The predicted molar refractivity (Wildman–Crippen MR) is 270 cm³/mol. The molecule has 296 valence electrons. The Kier molecular flexibility index (Phi) is 8.87. The van der Waals surface area contributed by atoms with Gasteiger partial charge in [-0.05, 0) is 73.8 Å². The Bertz CT molecular complexity index is 3500. The first-order valence-corrected chi connectivity index (χ1v) is 23.8. The van der Waals surface area contributed by atoms with E-state index < -0.39 is 8.07 Å². The summed E-state index contributed by atoms with van der Waals surface area (Å²) in [7, 11) is -2.84. The summed E-state index contributed by atoms with van der Waals surface area (Å²) < 4.78 is 5.05. The van der Waals surface area contributed by atoms with Crippen LogP contribution in [0.25, 0.3) is 77.2 Å². The Labute approximate surface area is 368 Å². The number of rotatable bonds is 8. The molecule has 0 unspecified atom stereocenters. The quantitative estimate of drug-likeness (QED) is 0.107. The molecule has 0 bridgehead atoms. The average molecular weight is 819 g/mol. The van der Waals surface area contributed by atoms with Crippen molar-refractivity contribution in [2.75, 3.05) is 0 Å². The van der Waals surface area contributed by atoms with Crippen molar-refractivity contribution in [2.24, 2.45) is 0 Å². The normalized spacial score (nSPS) is 11.8. The number of para-hydroxylation sites is 2. The van der Waals surface area contributed by atoms with Gasteiger partial charge in [0.25, 0.3) is 0 Å². The third kappa shape index (κ3) is 5.85. The molecule has 2 nitrogen and oxygen atoms in total. The molecule has 0 saturated heterocycles. The van der Waals surface area contributed by atoms with Crippen LogP contribution in [0.5, 0.6) is 0 Å². The van der Waals surface area contributed by atoms with Gasteiger partial charge < -0.3 is 9.13 Å². The fourth-order valence-corrected chi connectivity index (χ4v) is 15.1. The first kappa shape index (κ1) is 36.8. The van der Waals surface area contributed by atoms with Crippen LogP contribution in [0.4, 0.5) is 0 Å². The molecule has 0 atom stereocenters. The Morgan fingerprint density at radius 3 is 1.33 bits per heavy atom. The van der Waals surface area contributed by atoms with Gasteiger partial charge in [0.05, 0.1) is 27.8 Å². The van der Waals surface area contributed by atoms with Crippen molar-refractivity contribution >= 4 is 72.4 Å². The van der Waals surface area contributed by atoms with Crippen LogP contribution in [0.2, 0.25) is 0 Å². The summed E-state index contributed by atoms with van der Waals surface area (Å²) in [5, 5.41) is 10.4. The lowest BCUT2D eigenvalue weighted by Crippen LogP contribution is -2.74. The molecule has 0 saturated carbocycles. The molecule has 2 heterocycles. The van der Waals surface area contributed by atoms with Crippen molar-refractivity contribution in [3.63, 3.8) is 0 Å². The van der Waals surface area contributed by atoms with Crippen LogP contribution in [0.3, 0.4) is 0 Å². The van der Waals surface area contributed by atoms with Gasteiger partial charge in [0.2, 0.25) is 0 Å². The smallest absolute Gasteiger partial charge is 0.179 e. The lowest BCUT2D eigenvalue weighted by Gasteiger charge is -2.34. The zero-order valence-corrected chi connectivity index (χ0v) is 35.6. The molecule has 63 heavy (non-hydrogen) atoms. The average Bonchev–Trinajstić information content (AvgIpc) is 3.88. The van der Waals surface area contributed by atoms with Crippen molar-refractivity contribution in [3.05, 3.63) is 255 Å². The number of benzene rings is 10. The minimum Gasteiger partial charge on any atom is -0.309 e. The summed E-state index contributed by atoms with van der Waals surface area (Å²) in [6.45, 7) is 0. The topological polar surface area (TPSA) is 9.86 Å². The molecule has 0 aliphatic carbocycles. The monoisotopic (exact) mass is 818 g/mol. The fraction of sp³-hybridized carbons (Fsp3) is 0. The van der Waals surface area contributed by atoms with E-state index in [1.807, 2.05) is 0 Å². The van der Waals surface area contributed by atoms with Gasteiger partial charge in [-0.3, -0.25) is 0 Å². The van der Waals surface area contributed by atoms with E-state index in [1.54, 1.807) is 0 Å². The molecule has 10 aromatic carbocycles. The zero-order valence-electron chi connectivity index (χ0n) is 34.6. The molecule has 12 aromatic rings. The molecule has 0 aliphatic heterocycles. The molecule has 0 amide bonds. The Morgan fingerprint density at radius 2 is 0.730 bits per heavy atom. The lowest BCUT2D eigenvalue weighted by atomic mass is 9.99. The van der Waals surface area contributed by atoms with Gasteiger partial charge in [-0.15, -0.1) is 0 Å². The second kappa shape index (κ2) is 15.2. The van der Waals surface area contributed by atoms with Gasteiger partial charge in [0, 0.05) is 32.8 Å². The van der Waals surface area contributed by atoms with E-state index in [0.717, 1.165) is 11.4 Å². The van der Waals surface area contributed by atoms with Gasteiger partial charge in [0.1, 0.15) is 0 Å². The number of hydrogen-bond donors (Lipinski definition) is 0. The van der Waals surface area contributed by atoms with Crippen LogP contribution in [-0.2, 0) is 0 Å². The Hall–Kier alpha value is -7.98. The molecular formula is C60H42N2Si. The van der Waals surface area contributed by atoms with Crippen molar-refractivity contribution in [1.82, 2.24) is 9.13 Å². The van der Waals surface area contributed by atoms with Crippen molar-refractivity contribution in [3.8, 4) is 33.6 Å². The first-order chi connectivity index (χ1) is 31.3. The maximum atomic E-state index is 2.55. The molecule has 0 radical (unpaired) electrons. The molecule has 0 spiro atoms. The highest BCUT2D eigenvalue weighted by Gasteiger charge is 2.41. The minimum absolute atomic E-state index is 1.13. The highest BCUT2D eigenvalue weighted by Crippen LogP contribution is 2.44. The Balaban J connectivity index is 1.22. The highest BCUT2D eigenvalue weighted by atomic mass is 28.3. The molecule has 0 aliphatic rings. The van der Waals surface area contributed by atoms with E-state index in [9.17, 15) is 0 Å². The molecule has 0 N–H and O–H groups in total. The number of fused-ring (bicyclic) bond motifs is 6. The first-order valence-electron chi connectivity index (χ1n) is 21.8. The number of hydrogen-bond acceptors (Lipinski definition) is 0. The van der Waals surface area contributed by atoms with Gasteiger partial charge in [0.15, 0.2) is 8.07 Å². The minimum atomic E-state index is -2.84. The highest BCUT2D eigenvalue weighted by molar-refractivity contribution is 7.20. The predicted octanol–water partition coefficient (Wildman–Crippen LogP) is 12.6. The van der Waals surface area contributed by atoms with Crippen LogP contribution >= 0.6 is 0 Å². The SMILES string of the molecule is c1ccc(-c2cccc(-n3c4ccccc4c4ccc(-n5c6ccccc6c6ccc([Si](c7ccccc7)(c7ccccc7)c7ccccc7)cc65)c(-c5ccccc5)c43)c2)cc1. The molecular weight excluding hydrogens is 777 g/mol. The second-order valence-electron chi connectivity index (χ2n) is 16.4. The molecule has 0 fully saturated rings. The standard InChI is InChI=1S/C60H42N2Si/c1-6-21-43(22-7-1)45-25-20-26-46(41-45)61-55-35-18-17-34-52(55)54-39-40-57(59(60(54)61)44-23-8-2-9-24-44)62-56-36-19-16-33-51(56)53-38-37-50(42-58(53)62)63(47-27-10-3-11-28-47,48-29-12-4-13-30-48)49-31-14-5-15-32-49/h1-42H. The summed E-state index contributed by atoms with van der Waals surface area (Å²) in [4.78, 5) is 0. The van der Waals surface area contributed by atoms with E-state index in [-0.39, 0.29) is 0 Å². The largest absolute Gasteiger partial charge is 0.309 e. The van der Waals surface area contributed by atoms with Crippen LogP contribution in [-0.4, -0.2) is 17.2 Å². The van der Waals surface area contributed by atoms with E-state index in [0.29, 0.717) is 0 Å². The third-order valence-corrected chi connectivity index (χ3v) is 17.8. The van der Waals surface area contributed by atoms with Gasteiger partial charge in [-0.2, -0.15) is 0 Å². The van der Waals surface area contributed by atoms with E-state index in [1.165, 1.54) is 86.6 Å². The summed E-state index contributed by atoms with van der Waals surface area (Å²) in [5.74, 6) is 0. The summed E-state index contributed by atoms with van der Waals surface area (Å²) >= 11 is 0. The third-order valence-electron chi connectivity index (χ3n) is 13.1. The molecule has 3 heteroatoms. The Morgan fingerprint density at radius 1 is 0.270 bits per heavy atom. The van der Waals surface area contributed by atoms with Gasteiger partial charge >= 0.3 is 0 Å². The van der Waals surface area contributed by atoms with Crippen molar-refractivity contribution < 1.29 is 0 Å². The van der Waals surface area contributed by atoms with Crippen LogP contribution in [0, 0.1) is 0 Å². The summed E-state index contributed by atoms with van der Waals surface area (Å²) in [5.41, 5.74) is 11.8. The van der Waals surface area contributed by atoms with Gasteiger partial charge in [-0.25, -0.2) is 0 Å². The fourth-order valence-electron chi connectivity index (χ4n) is 10.4. The van der Waals surface area contributed by atoms with E-state index in [2.05, 4.69) is 264 Å². The van der Waals surface area contributed by atoms with Gasteiger partial charge in [-0.1, -0.05) is 218 Å². The second-order valence-corrected chi connectivity index (χ2v) is 20.2. The summed E-state index contributed by atoms with van der Waals surface area (Å²) in [6.07, 6.45) is 0. The van der Waals surface area contributed by atoms with Crippen LogP contribution < -0.4 is 20.7 Å². The number of aromatic nitrogens is 2. The van der Waals surface area contributed by atoms with E-state index in [4.69, 9.17) is 0 Å². The van der Waals surface area contributed by atoms with Crippen molar-refractivity contribution in [1.29, 1.82) is 0 Å². The molecule has 12 rings (SSSR count). The summed E-state index contributed by atoms with van der Waals surface area (Å²) in [6, 6.07) is 94.3. The maximum Gasteiger partial charge on any atom is 0.179 e.